The molecule has 7 nitrogen and oxygen atoms in total. The first-order chi connectivity index (χ1) is 13.0. The average Bonchev–Trinajstić information content (AvgIpc) is 2.70. The zero-order valence-electron chi connectivity index (χ0n) is 14.0. The van der Waals surface area contributed by atoms with Crippen molar-refractivity contribution in [2.24, 2.45) is 0 Å². The lowest BCUT2D eigenvalue weighted by Gasteiger charge is -2.10. The Balaban J connectivity index is 1.62. The van der Waals surface area contributed by atoms with Crippen molar-refractivity contribution in [3.8, 4) is 11.8 Å². The first-order valence-corrected chi connectivity index (χ1v) is 9.39. The predicted octanol–water partition coefficient (Wildman–Crippen LogP) is 2.10. The maximum atomic E-state index is 12.3. The Bertz CT molecular complexity index is 1140. The fourth-order valence-electron chi connectivity index (χ4n) is 2.38. The van der Waals surface area contributed by atoms with E-state index in [1.54, 1.807) is 36.4 Å². The van der Waals surface area contributed by atoms with Gasteiger partial charge in [0.25, 0.3) is 15.9 Å². The third kappa shape index (κ3) is 4.41. The minimum Gasteiger partial charge on any atom is -0.482 e. The summed E-state index contributed by atoms with van der Waals surface area (Å²) in [4.78, 5) is 13.9. The fourth-order valence-corrected chi connectivity index (χ4v) is 3.28. The Morgan fingerprint density at radius 1 is 1.00 bits per heavy atom. The molecule has 0 aliphatic heterocycles. The van der Waals surface area contributed by atoms with Gasteiger partial charge in [-0.2, -0.15) is 5.26 Å². The third-order valence-corrected chi connectivity index (χ3v) is 4.97. The van der Waals surface area contributed by atoms with Gasteiger partial charge in [0, 0.05) is 0 Å². The molecule has 0 heterocycles. The minimum atomic E-state index is -3.93. The molecule has 0 radical (unpaired) electrons. The molecule has 0 atom stereocenters. The molecule has 2 N–H and O–H groups in total. The SMILES string of the molecule is N#Cc1ccccc1OCC(=O)NNS(=O)(=O)c1ccc2ccccc2c1. The highest BCUT2D eigenvalue weighted by Gasteiger charge is 2.16. The molecule has 8 heteroatoms. The molecule has 0 spiro atoms. The van der Waals surface area contributed by atoms with E-state index >= 15 is 0 Å². The number of benzene rings is 3. The Hall–Kier alpha value is -3.41. The summed E-state index contributed by atoms with van der Waals surface area (Å²) in [6, 6.07) is 20.4. The molecule has 0 unspecified atom stereocenters. The van der Waals surface area contributed by atoms with E-state index in [0.717, 1.165) is 10.8 Å². The first-order valence-electron chi connectivity index (χ1n) is 7.91. The molecule has 3 rings (SSSR count). The number of hydrogen-bond acceptors (Lipinski definition) is 5. The molecule has 0 saturated heterocycles. The number of ether oxygens (including phenoxy) is 1. The average molecular weight is 381 g/mol. The van der Waals surface area contributed by atoms with Crippen LogP contribution in [0.2, 0.25) is 0 Å². The van der Waals surface area contributed by atoms with Gasteiger partial charge in [0.15, 0.2) is 6.61 Å². The lowest BCUT2D eigenvalue weighted by molar-refractivity contribution is -0.123. The van der Waals surface area contributed by atoms with Crippen molar-refractivity contribution < 1.29 is 17.9 Å². The van der Waals surface area contributed by atoms with Crippen LogP contribution in [0.15, 0.2) is 71.6 Å². The number of hydrazine groups is 1. The quantitative estimate of drug-likeness (QED) is 0.636. The van der Waals surface area contributed by atoms with Crippen LogP contribution in [0, 0.1) is 11.3 Å². The molecule has 0 aromatic heterocycles. The number of nitriles is 1. The molecule has 0 saturated carbocycles. The van der Waals surface area contributed by atoms with Gasteiger partial charge in [0.2, 0.25) is 0 Å². The van der Waals surface area contributed by atoms with Gasteiger partial charge in [-0.05, 0) is 35.0 Å². The molecular weight excluding hydrogens is 366 g/mol. The summed E-state index contributed by atoms with van der Waals surface area (Å²) in [5.74, 6) is -0.459. The largest absolute Gasteiger partial charge is 0.482 e. The Labute approximate surface area is 156 Å². The van der Waals surface area contributed by atoms with Crippen molar-refractivity contribution in [1.29, 1.82) is 5.26 Å². The van der Waals surface area contributed by atoms with Gasteiger partial charge >= 0.3 is 0 Å². The number of rotatable bonds is 6. The fraction of sp³-hybridized carbons (Fsp3) is 0.0526. The van der Waals surface area contributed by atoms with Crippen LogP contribution in [0.1, 0.15) is 5.56 Å². The number of sulfonamides is 1. The van der Waals surface area contributed by atoms with Gasteiger partial charge in [-0.3, -0.25) is 10.2 Å². The zero-order chi connectivity index (χ0) is 19.3. The lowest BCUT2D eigenvalue weighted by atomic mass is 10.1. The molecule has 27 heavy (non-hydrogen) atoms. The second-order valence-corrected chi connectivity index (χ2v) is 7.24. The van der Waals surface area contributed by atoms with Crippen molar-refractivity contribution in [2.75, 3.05) is 6.61 Å². The maximum Gasteiger partial charge on any atom is 0.272 e. The summed E-state index contributed by atoms with van der Waals surface area (Å²) in [5.41, 5.74) is 2.37. The topological polar surface area (TPSA) is 108 Å². The van der Waals surface area contributed by atoms with Gasteiger partial charge in [-0.15, -0.1) is 4.83 Å². The number of nitrogens with one attached hydrogen (secondary N) is 2. The summed E-state index contributed by atoms with van der Waals surface area (Å²) in [5, 5.41) is 10.6. The highest BCUT2D eigenvalue weighted by atomic mass is 32.2. The first kappa shape index (κ1) is 18.4. The number of hydrogen-bond donors (Lipinski definition) is 2. The monoisotopic (exact) mass is 381 g/mol. The minimum absolute atomic E-state index is 0.0252. The number of carbonyl (C=O) groups is 1. The van der Waals surface area contributed by atoms with Crippen LogP contribution in [0.3, 0.4) is 0 Å². The van der Waals surface area contributed by atoms with Gasteiger partial charge in [0.1, 0.15) is 11.8 Å². The van der Waals surface area contributed by atoms with E-state index in [1.165, 1.54) is 12.1 Å². The summed E-state index contributed by atoms with van der Waals surface area (Å²) >= 11 is 0. The van der Waals surface area contributed by atoms with Crippen LogP contribution in [0.5, 0.6) is 5.75 Å². The summed E-state index contributed by atoms with van der Waals surface area (Å²) < 4.78 is 29.9. The van der Waals surface area contributed by atoms with Crippen LogP contribution in [0.4, 0.5) is 0 Å². The number of nitrogens with zero attached hydrogens (tertiary/aromatic N) is 1. The molecule has 0 fully saturated rings. The summed E-state index contributed by atoms with van der Waals surface area (Å²) in [6.45, 7) is -0.446. The highest BCUT2D eigenvalue weighted by molar-refractivity contribution is 7.89. The maximum absolute atomic E-state index is 12.3. The van der Waals surface area contributed by atoms with Gasteiger partial charge in [-0.1, -0.05) is 42.5 Å². The van der Waals surface area contributed by atoms with E-state index in [1.807, 2.05) is 29.1 Å². The van der Waals surface area contributed by atoms with Crippen LogP contribution in [-0.2, 0) is 14.8 Å². The smallest absolute Gasteiger partial charge is 0.272 e. The Morgan fingerprint density at radius 3 is 2.48 bits per heavy atom. The molecule has 3 aromatic carbocycles. The zero-order valence-corrected chi connectivity index (χ0v) is 14.9. The van der Waals surface area contributed by atoms with E-state index in [-0.39, 0.29) is 16.2 Å². The molecule has 3 aromatic rings. The molecular formula is C19H15N3O4S. The Morgan fingerprint density at radius 2 is 1.70 bits per heavy atom. The van der Waals surface area contributed by atoms with Crippen molar-refractivity contribution in [3.05, 3.63) is 72.3 Å². The lowest BCUT2D eigenvalue weighted by Crippen LogP contribution is -2.43. The summed E-state index contributed by atoms with van der Waals surface area (Å²) in [6.07, 6.45) is 0. The van der Waals surface area contributed by atoms with Gasteiger partial charge in [-0.25, -0.2) is 8.42 Å². The van der Waals surface area contributed by atoms with Crippen molar-refractivity contribution >= 4 is 26.7 Å². The van der Waals surface area contributed by atoms with Crippen LogP contribution in [-0.4, -0.2) is 20.9 Å². The molecule has 136 valence electrons. The van der Waals surface area contributed by atoms with E-state index in [2.05, 4.69) is 5.43 Å². The molecule has 1 amide bonds. The molecule has 0 bridgehead atoms. The van der Waals surface area contributed by atoms with Crippen LogP contribution in [0.25, 0.3) is 10.8 Å². The standard InChI is InChI=1S/C19H15N3O4S/c20-12-16-7-3-4-8-18(16)26-13-19(23)21-22-27(24,25)17-10-9-14-5-1-2-6-15(14)11-17/h1-11,22H,13H2,(H,21,23). The van der Waals surface area contributed by atoms with Crippen LogP contribution >= 0.6 is 0 Å². The van der Waals surface area contributed by atoms with E-state index < -0.39 is 22.5 Å². The Kier molecular flexibility index (Phi) is 5.35. The number of para-hydroxylation sites is 1. The van der Waals surface area contributed by atoms with Crippen molar-refractivity contribution in [1.82, 2.24) is 10.3 Å². The van der Waals surface area contributed by atoms with Gasteiger partial charge in [0.05, 0.1) is 10.5 Å². The number of fused-ring (bicyclic) bond motifs is 1. The predicted molar refractivity (Wildman–Crippen MR) is 99.1 cm³/mol. The highest BCUT2D eigenvalue weighted by Crippen LogP contribution is 2.18. The summed E-state index contributed by atoms with van der Waals surface area (Å²) in [7, 11) is -3.93. The molecule has 0 aliphatic carbocycles. The third-order valence-electron chi connectivity index (χ3n) is 3.72. The normalized spacial score (nSPS) is 10.9. The van der Waals surface area contributed by atoms with Gasteiger partial charge < -0.3 is 4.74 Å². The second kappa shape index (κ2) is 7.86. The van der Waals surface area contributed by atoms with Crippen LogP contribution < -0.4 is 15.0 Å². The molecule has 0 aliphatic rings. The van der Waals surface area contributed by atoms with E-state index in [4.69, 9.17) is 10.00 Å². The van der Waals surface area contributed by atoms with Crippen molar-refractivity contribution in [3.63, 3.8) is 0 Å². The second-order valence-electron chi connectivity index (χ2n) is 5.56. The van der Waals surface area contributed by atoms with E-state index in [0.29, 0.717) is 0 Å². The number of carbonyl (C=O) groups excluding carboxylic acids is 1. The number of amides is 1. The van der Waals surface area contributed by atoms with E-state index in [9.17, 15) is 13.2 Å². The van der Waals surface area contributed by atoms with Crippen molar-refractivity contribution in [2.45, 2.75) is 4.90 Å².